The number of methoxy groups -OCH3 is 1. The van der Waals surface area contributed by atoms with Crippen molar-refractivity contribution in [3.8, 4) is 0 Å². The number of anilines is 1. The number of nitrogens with one attached hydrogen (secondary N) is 1. The highest BCUT2D eigenvalue weighted by molar-refractivity contribution is 5.85. The minimum atomic E-state index is -0.659. The number of rotatable bonds is 4. The van der Waals surface area contributed by atoms with E-state index in [1.807, 2.05) is 0 Å². The maximum atomic E-state index is 12.9. The molecule has 0 saturated heterocycles. The highest BCUT2D eigenvalue weighted by atomic mass is 19.1. The van der Waals surface area contributed by atoms with Crippen LogP contribution in [-0.2, 0) is 9.53 Å². The van der Waals surface area contributed by atoms with Crippen molar-refractivity contribution < 1.29 is 13.9 Å². The van der Waals surface area contributed by atoms with Crippen molar-refractivity contribution in [2.24, 2.45) is 5.92 Å². The Kier molecular flexibility index (Phi) is 4.08. The Bertz CT molecular complexity index is 446. The van der Waals surface area contributed by atoms with Gasteiger partial charge < -0.3 is 10.1 Å². The third-order valence-corrected chi connectivity index (χ3v) is 4.00. The number of hydrogen-bond donors (Lipinski definition) is 1. The first-order chi connectivity index (χ1) is 9.09. The van der Waals surface area contributed by atoms with Gasteiger partial charge in [-0.25, -0.2) is 9.18 Å². The van der Waals surface area contributed by atoms with E-state index >= 15 is 0 Å². The third kappa shape index (κ3) is 2.88. The van der Waals surface area contributed by atoms with Gasteiger partial charge in [-0.15, -0.1) is 0 Å². The molecule has 2 unspecified atom stereocenters. The molecule has 1 aliphatic carbocycles. The van der Waals surface area contributed by atoms with Crippen molar-refractivity contribution >= 4 is 11.7 Å². The molecular formula is C15H20FNO2. The van der Waals surface area contributed by atoms with Gasteiger partial charge in [0.05, 0.1) is 7.11 Å². The van der Waals surface area contributed by atoms with Crippen LogP contribution < -0.4 is 5.32 Å². The molecule has 2 atom stereocenters. The maximum Gasteiger partial charge on any atom is 0.331 e. The van der Waals surface area contributed by atoms with Gasteiger partial charge in [-0.1, -0.05) is 13.3 Å². The van der Waals surface area contributed by atoms with Gasteiger partial charge in [-0.2, -0.15) is 0 Å². The van der Waals surface area contributed by atoms with Gasteiger partial charge >= 0.3 is 5.97 Å². The van der Waals surface area contributed by atoms with E-state index in [1.165, 1.54) is 19.2 Å². The zero-order chi connectivity index (χ0) is 13.9. The van der Waals surface area contributed by atoms with Crippen LogP contribution in [0.3, 0.4) is 0 Å². The van der Waals surface area contributed by atoms with E-state index in [-0.39, 0.29) is 11.8 Å². The van der Waals surface area contributed by atoms with Gasteiger partial charge in [0.25, 0.3) is 0 Å². The number of esters is 1. The summed E-state index contributed by atoms with van der Waals surface area (Å²) in [6.45, 7) is 2.13. The van der Waals surface area contributed by atoms with Crippen molar-refractivity contribution in [2.75, 3.05) is 12.4 Å². The lowest BCUT2D eigenvalue weighted by Gasteiger charge is -2.29. The van der Waals surface area contributed by atoms with E-state index in [2.05, 4.69) is 12.2 Å². The van der Waals surface area contributed by atoms with Crippen LogP contribution in [0.1, 0.15) is 32.6 Å². The van der Waals surface area contributed by atoms with Crippen molar-refractivity contribution in [1.29, 1.82) is 0 Å². The lowest BCUT2D eigenvalue weighted by atomic mass is 9.94. The normalized spacial score (nSPS) is 26.2. The zero-order valence-electron chi connectivity index (χ0n) is 11.4. The number of halogens is 1. The fraction of sp³-hybridized carbons (Fsp3) is 0.533. The van der Waals surface area contributed by atoms with Crippen molar-refractivity contribution in [2.45, 2.75) is 38.1 Å². The standard InChI is InChI=1S/C15H20FNO2/c1-3-11-8-9-15(10-11,14(18)19-2)17-13-6-4-12(16)5-7-13/h4-7,11,17H,3,8-10H2,1-2H3. The van der Waals surface area contributed by atoms with Crippen LogP contribution in [0.25, 0.3) is 0 Å². The lowest BCUT2D eigenvalue weighted by molar-refractivity contribution is -0.145. The van der Waals surface area contributed by atoms with Crippen LogP contribution in [0.2, 0.25) is 0 Å². The summed E-state index contributed by atoms with van der Waals surface area (Å²) >= 11 is 0. The topological polar surface area (TPSA) is 38.3 Å². The van der Waals surface area contributed by atoms with Gasteiger partial charge in [-0.3, -0.25) is 0 Å². The molecule has 4 heteroatoms. The molecule has 1 aromatic rings. The molecule has 1 aromatic carbocycles. The smallest absolute Gasteiger partial charge is 0.331 e. The van der Waals surface area contributed by atoms with E-state index in [1.54, 1.807) is 12.1 Å². The number of carbonyl (C=O) groups is 1. The molecule has 2 rings (SSSR count). The minimum absolute atomic E-state index is 0.229. The number of ether oxygens (including phenoxy) is 1. The fourth-order valence-corrected chi connectivity index (χ4v) is 2.85. The molecule has 0 radical (unpaired) electrons. The Balaban J connectivity index is 2.19. The third-order valence-electron chi connectivity index (χ3n) is 4.00. The van der Waals surface area contributed by atoms with E-state index in [9.17, 15) is 9.18 Å². The quantitative estimate of drug-likeness (QED) is 0.848. The monoisotopic (exact) mass is 265 g/mol. The minimum Gasteiger partial charge on any atom is -0.467 e. The predicted octanol–water partition coefficient (Wildman–Crippen LogP) is 3.36. The average molecular weight is 265 g/mol. The summed E-state index contributed by atoms with van der Waals surface area (Å²) in [6, 6.07) is 6.08. The SMILES string of the molecule is CCC1CCC(Nc2ccc(F)cc2)(C(=O)OC)C1. The fourth-order valence-electron chi connectivity index (χ4n) is 2.85. The molecule has 3 nitrogen and oxygen atoms in total. The summed E-state index contributed by atoms with van der Waals surface area (Å²) < 4.78 is 17.9. The summed E-state index contributed by atoms with van der Waals surface area (Å²) in [6.07, 6.45) is 3.60. The van der Waals surface area contributed by atoms with Crippen molar-refractivity contribution in [1.82, 2.24) is 0 Å². The second-order valence-corrected chi connectivity index (χ2v) is 5.22. The molecule has 1 saturated carbocycles. The van der Waals surface area contributed by atoms with Crippen molar-refractivity contribution in [3.05, 3.63) is 30.1 Å². The van der Waals surface area contributed by atoms with Gasteiger partial charge in [0.15, 0.2) is 0 Å². The summed E-state index contributed by atoms with van der Waals surface area (Å²) in [5.74, 6) is 0.0235. The van der Waals surface area contributed by atoms with Crippen LogP contribution in [0, 0.1) is 11.7 Å². The van der Waals surface area contributed by atoms with Gasteiger partial charge in [-0.05, 0) is 49.4 Å². The molecule has 1 fully saturated rings. The molecule has 0 amide bonds. The molecule has 0 spiro atoms. The summed E-state index contributed by atoms with van der Waals surface area (Å²) in [4.78, 5) is 12.1. The zero-order valence-corrected chi connectivity index (χ0v) is 11.4. The maximum absolute atomic E-state index is 12.9. The highest BCUT2D eigenvalue weighted by Gasteiger charge is 2.45. The summed E-state index contributed by atoms with van der Waals surface area (Å²) in [7, 11) is 1.41. The average Bonchev–Trinajstić information content (AvgIpc) is 2.85. The Morgan fingerprint density at radius 3 is 2.68 bits per heavy atom. The first kappa shape index (κ1) is 13.8. The molecule has 0 bridgehead atoms. The molecule has 19 heavy (non-hydrogen) atoms. The second-order valence-electron chi connectivity index (χ2n) is 5.22. The molecule has 1 aliphatic rings. The Morgan fingerprint density at radius 1 is 1.47 bits per heavy atom. The second kappa shape index (κ2) is 5.59. The first-order valence-electron chi connectivity index (χ1n) is 6.72. The molecule has 0 heterocycles. The van der Waals surface area contributed by atoms with Gasteiger partial charge in [0.2, 0.25) is 0 Å². The van der Waals surface area contributed by atoms with Crippen molar-refractivity contribution in [3.63, 3.8) is 0 Å². The van der Waals surface area contributed by atoms with Crippen LogP contribution in [0.5, 0.6) is 0 Å². The van der Waals surface area contributed by atoms with E-state index < -0.39 is 5.54 Å². The largest absolute Gasteiger partial charge is 0.467 e. The highest BCUT2D eigenvalue weighted by Crippen LogP contribution is 2.39. The lowest BCUT2D eigenvalue weighted by Crippen LogP contribution is -2.45. The van der Waals surface area contributed by atoms with Crippen LogP contribution in [0.4, 0.5) is 10.1 Å². The molecule has 0 aliphatic heterocycles. The Labute approximate surface area is 113 Å². The first-order valence-corrected chi connectivity index (χ1v) is 6.72. The van der Waals surface area contributed by atoms with Crippen LogP contribution in [0.15, 0.2) is 24.3 Å². The molecule has 1 N–H and O–H groups in total. The molecule has 0 aromatic heterocycles. The Morgan fingerprint density at radius 2 is 2.16 bits per heavy atom. The van der Waals surface area contributed by atoms with Gasteiger partial charge in [0, 0.05) is 5.69 Å². The molecule has 104 valence electrons. The number of hydrogen-bond acceptors (Lipinski definition) is 3. The predicted molar refractivity (Wildman–Crippen MR) is 72.4 cm³/mol. The van der Waals surface area contributed by atoms with Crippen LogP contribution >= 0.6 is 0 Å². The van der Waals surface area contributed by atoms with Crippen LogP contribution in [-0.4, -0.2) is 18.6 Å². The van der Waals surface area contributed by atoms with Gasteiger partial charge in [0.1, 0.15) is 11.4 Å². The van der Waals surface area contributed by atoms with E-state index in [4.69, 9.17) is 4.74 Å². The Hall–Kier alpha value is -1.58. The summed E-state index contributed by atoms with van der Waals surface area (Å²) in [5, 5.41) is 3.26. The number of benzene rings is 1. The number of carbonyl (C=O) groups excluding carboxylic acids is 1. The molecular weight excluding hydrogens is 245 g/mol. The van der Waals surface area contributed by atoms with E-state index in [0.717, 1.165) is 31.4 Å². The summed E-state index contributed by atoms with van der Waals surface area (Å²) in [5.41, 5.74) is 0.0938. The van der Waals surface area contributed by atoms with E-state index in [0.29, 0.717) is 5.92 Å².